The summed E-state index contributed by atoms with van der Waals surface area (Å²) in [5, 5.41) is 6.74. The van der Waals surface area contributed by atoms with Gasteiger partial charge in [0.1, 0.15) is 0 Å². The predicted octanol–water partition coefficient (Wildman–Crippen LogP) is 0.546. The van der Waals surface area contributed by atoms with Gasteiger partial charge >= 0.3 is 0 Å². The first-order valence-electron chi connectivity index (χ1n) is 8.03. The Bertz CT molecular complexity index is 287. The molecule has 0 aromatic rings. The normalized spacial score (nSPS) is 20.0. The van der Waals surface area contributed by atoms with Gasteiger partial charge in [-0.1, -0.05) is 6.92 Å². The molecule has 0 spiro atoms. The summed E-state index contributed by atoms with van der Waals surface area (Å²) < 4.78 is 10.4. The number of nitrogens with zero attached hydrogens (tertiary/aromatic N) is 2. The minimum Gasteiger partial charge on any atom is -0.382 e. The standard InChI is InChI=1S/C15H32N4O2/c1-4-19-8-6-14(13-19)12-18-15(16-2)17-7-5-9-21-11-10-20-3/h14H,4-13H2,1-3H3,(H2,16,17,18). The molecule has 1 unspecified atom stereocenters. The topological polar surface area (TPSA) is 58.1 Å². The zero-order chi connectivity index (χ0) is 15.3. The van der Waals surface area contributed by atoms with Crippen molar-refractivity contribution in [2.75, 3.05) is 66.7 Å². The number of nitrogens with one attached hydrogen (secondary N) is 2. The molecule has 6 heteroatoms. The first-order chi connectivity index (χ1) is 10.3. The van der Waals surface area contributed by atoms with Gasteiger partial charge in [-0.25, -0.2) is 0 Å². The number of hydrogen-bond donors (Lipinski definition) is 2. The maximum atomic E-state index is 5.42. The van der Waals surface area contributed by atoms with E-state index in [1.165, 1.54) is 19.5 Å². The monoisotopic (exact) mass is 300 g/mol. The molecule has 0 bridgehead atoms. The number of ether oxygens (including phenoxy) is 2. The van der Waals surface area contributed by atoms with Gasteiger partial charge in [-0.15, -0.1) is 0 Å². The van der Waals surface area contributed by atoms with Crippen molar-refractivity contribution in [3.8, 4) is 0 Å². The van der Waals surface area contributed by atoms with E-state index in [0.717, 1.165) is 44.5 Å². The number of methoxy groups -OCH3 is 1. The zero-order valence-electron chi connectivity index (χ0n) is 13.9. The van der Waals surface area contributed by atoms with Gasteiger partial charge in [-0.2, -0.15) is 0 Å². The predicted molar refractivity (Wildman–Crippen MR) is 86.9 cm³/mol. The molecule has 1 fully saturated rings. The van der Waals surface area contributed by atoms with Gasteiger partial charge in [0, 0.05) is 40.4 Å². The molecule has 1 aliphatic rings. The average molecular weight is 300 g/mol. The number of guanidine groups is 1. The smallest absolute Gasteiger partial charge is 0.190 e. The summed E-state index contributed by atoms with van der Waals surface area (Å²) in [6, 6.07) is 0. The fraction of sp³-hybridized carbons (Fsp3) is 0.933. The first-order valence-corrected chi connectivity index (χ1v) is 8.03. The van der Waals surface area contributed by atoms with E-state index >= 15 is 0 Å². The molecular weight excluding hydrogens is 268 g/mol. The Labute approximate surface area is 129 Å². The highest BCUT2D eigenvalue weighted by Crippen LogP contribution is 2.14. The van der Waals surface area contributed by atoms with Crippen molar-refractivity contribution >= 4 is 5.96 Å². The highest BCUT2D eigenvalue weighted by molar-refractivity contribution is 5.79. The zero-order valence-corrected chi connectivity index (χ0v) is 13.9. The maximum absolute atomic E-state index is 5.42. The second kappa shape index (κ2) is 11.8. The van der Waals surface area contributed by atoms with Gasteiger partial charge in [0.05, 0.1) is 13.2 Å². The van der Waals surface area contributed by atoms with Gasteiger partial charge in [0.15, 0.2) is 5.96 Å². The molecular formula is C15H32N4O2. The van der Waals surface area contributed by atoms with Crippen molar-refractivity contribution in [3.63, 3.8) is 0 Å². The molecule has 124 valence electrons. The molecule has 0 aromatic heterocycles. The lowest BCUT2D eigenvalue weighted by Gasteiger charge is -2.16. The van der Waals surface area contributed by atoms with Crippen molar-refractivity contribution in [1.29, 1.82) is 0 Å². The first kappa shape index (κ1) is 18.2. The second-order valence-electron chi connectivity index (χ2n) is 5.39. The van der Waals surface area contributed by atoms with Gasteiger partial charge in [0.2, 0.25) is 0 Å². The molecule has 2 N–H and O–H groups in total. The molecule has 1 heterocycles. The molecule has 0 aliphatic carbocycles. The summed E-state index contributed by atoms with van der Waals surface area (Å²) in [5.41, 5.74) is 0. The number of rotatable bonds is 10. The molecule has 0 radical (unpaired) electrons. The third-order valence-electron chi connectivity index (χ3n) is 3.79. The van der Waals surface area contributed by atoms with Crippen LogP contribution in [0, 0.1) is 5.92 Å². The summed E-state index contributed by atoms with van der Waals surface area (Å²) in [6.07, 6.45) is 2.25. The SMILES string of the molecule is CCN1CCC(CNC(=NC)NCCCOCCOC)C1. The Morgan fingerprint density at radius 3 is 2.81 bits per heavy atom. The van der Waals surface area contributed by atoms with E-state index in [-0.39, 0.29) is 0 Å². The Balaban J connectivity index is 2.02. The summed E-state index contributed by atoms with van der Waals surface area (Å²) in [5.74, 6) is 1.63. The Morgan fingerprint density at radius 2 is 2.14 bits per heavy atom. The Morgan fingerprint density at radius 1 is 1.29 bits per heavy atom. The molecule has 21 heavy (non-hydrogen) atoms. The maximum Gasteiger partial charge on any atom is 0.190 e. The van der Waals surface area contributed by atoms with Gasteiger partial charge in [0.25, 0.3) is 0 Å². The van der Waals surface area contributed by atoms with Crippen LogP contribution in [0.2, 0.25) is 0 Å². The van der Waals surface area contributed by atoms with Crippen molar-refractivity contribution < 1.29 is 9.47 Å². The van der Waals surface area contributed by atoms with Crippen LogP contribution in [0.5, 0.6) is 0 Å². The minimum atomic E-state index is 0.660. The van der Waals surface area contributed by atoms with Crippen LogP contribution in [0.4, 0.5) is 0 Å². The summed E-state index contributed by atoms with van der Waals surface area (Å²) in [4.78, 5) is 6.76. The van der Waals surface area contributed by atoms with Crippen LogP contribution in [0.1, 0.15) is 19.8 Å². The largest absolute Gasteiger partial charge is 0.382 e. The Hall–Kier alpha value is -0.850. The van der Waals surface area contributed by atoms with Gasteiger partial charge in [-0.05, 0) is 31.8 Å². The van der Waals surface area contributed by atoms with Crippen LogP contribution in [0.15, 0.2) is 4.99 Å². The number of likely N-dealkylation sites (tertiary alicyclic amines) is 1. The van der Waals surface area contributed by atoms with Crippen molar-refractivity contribution in [1.82, 2.24) is 15.5 Å². The van der Waals surface area contributed by atoms with Gasteiger partial charge in [-0.3, -0.25) is 4.99 Å². The van der Waals surface area contributed by atoms with Crippen LogP contribution < -0.4 is 10.6 Å². The Kier molecular flexibility index (Phi) is 10.2. The molecule has 0 amide bonds. The van der Waals surface area contributed by atoms with E-state index < -0.39 is 0 Å². The molecule has 0 saturated carbocycles. The second-order valence-corrected chi connectivity index (χ2v) is 5.39. The van der Waals surface area contributed by atoms with E-state index in [9.17, 15) is 0 Å². The van der Waals surface area contributed by atoms with E-state index in [2.05, 4.69) is 27.4 Å². The van der Waals surface area contributed by atoms with E-state index in [0.29, 0.717) is 13.2 Å². The van der Waals surface area contributed by atoms with Crippen molar-refractivity contribution in [2.24, 2.45) is 10.9 Å². The summed E-state index contributed by atoms with van der Waals surface area (Å²) >= 11 is 0. The molecule has 1 rings (SSSR count). The third-order valence-corrected chi connectivity index (χ3v) is 3.79. The van der Waals surface area contributed by atoms with Crippen LogP contribution in [-0.2, 0) is 9.47 Å². The molecule has 1 saturated heterocycles. The minimum absolute atomic E-state index is 0.660. The van der Waals surface area contributed by atoms with Crippen LogP contribution in [0.25, 0.3) is 0 Å². The fourth-order valence-electron chi connectivity index (χ4n) is 2.45. The average Bonchev–Trinajstić information content (AvgIpc) is 2.97. The quantitative estimate of drug-likeness (QED) is 0.350. The van der Waals surface area contributed by atoms with Crippen molar-refractivity contribution in [3.05, 3.63) is 0 Å². The third kappa shape index (κ3) is 8.24. The molecule has 6 nitrogen and oxygen atoms in total. The highest BCUT2D eigenvalue weighted by Gasteiger charge is 2.20. The number of hydrogen-bond acceptors (Lipinski definition) is 4. The lowest BCUT2D eigenvalue weighted by atomic mass is 10.1. The molecule has 1 aliphatic heterocycles. The lowest BCUT2D eigenvalue weighted by molar-refractivity contribution is 0.0698. The van der Waals surface area contributed by atoms with Crippen LogP contribution in [0.3, 0.4) is 0 Å². The molecule has 1 atom stereocenters. The summed E-state index contributed by atoms with van der Waals surface area (Å²) in [6.45, 7) is 9.77. The summed E-state index contributed by atoms with van der Waals surface area (Å²) in [7, 11) is 3.50. The molecule has 0 aromatic carbocycles. The van der Waals surface area contributed by atoms with Crippen LogP contribution in [-0.4, -0.2) is 77.6 Å². The fourth-order valence-corrected chi connectivity index (χ4v) is 2.45. The van der Waals surface area contributed by atoms with Crippen molar-refractivity contribution in [2.45, 2.75) is 19.8 Å². The van der Waals surface area contributed by atoms with E-state index in [4.69, 9.17) is 9.47 Å². The van der Waals surface area contributed by atoms with Crippen LogP contribution >= 0.6 is 0 Å². The van der Waals surface area contributed by atoms with E-state index in [1.807, 2.05) is 7.05 Å². The lowest BCUT2D eigenvalue weighted by Crippen LogP contribution is -2.40. The highest BCUT2D eigenvalue weighted by atomic mass is 16.5. The number of aliphatic imine (C=N–C) groups is 1. The van der Waals surface area contributed by atoms with Gasteiger partial charge < -0.3 is 25.0 Å². The van der Waals surface area contributed by atoms with E-state index in [1.54, 1.807) is 7.11 Å².